The Labute approximate surface area is 124 Å². The second kappa shape index (κ2) is 5.71. The molecule has 0 radical (unpaired) electrons. The highest BCUT2D eigenvalue weighted by atomic mass is 16.4. The number of aliphatic carboxylic acids is 1. The van der Waals surface area contributed by atoms with Crippen molar-refractivity contribution in [3.8, 4) is 0 Å². The minimum atomic E-state index is -0.846. The quantitative estimate of drug-likeness (QED) is 0.895. The second-order valence-corrected chi connectivity index (χ2v) is 5.85. The molecule has 1 unspecified atom stereocenters. The van der Waals surface area contributed by atoms with Crippen molar-refractivity contribution < 1.29 is 14.7 Å². The molecular weight excluding hydrogens is 270 g/mol. The summed E-state index contributed by atoms with van der Waals surface area (Å²) in [6.45, 7) is 6.29. The summed E-state index contributed by atoms with van der Waals surface area (Å²) in [6.07, 6.45) is 2.15. The smallest absolute Gasteiger partial charge is 0.321 e. The van der Waals surface area contributed by atoms with Gasteiger partial charge in [0.05, 0.1) is 16.8 Å². The Kier molecular flexibility index (Phi) is 4.16. The van der Waals surface area contributed by atoms with Crippen LogP contribution in [0.2, 0.25) is 0 Å². The predicted molar refractivity (Wildman–Crippen MR) is 79.1 cm³/mol. The van der Waals surface area contributed by atoms with E-state index in [2.05, 4.69) is 10.3 Å². The lowest BCUT2D eigenvalue weighted by Gasteiger charge is -2.28. The molecule has 114 valence electrons. The van der Waals surface area contributed by atoms with E-state index >= 15 is 0 Å². The molecule has 0 aromatic carbocycles. The van der Waals surface area contributed by atoms with Gasteiger partial charge in [-0.25, -0.2) is 4.79 Å². The van der Waals surface area contributed by atoms with Crippen LogP contribution in [0.15, 0.2) is 18.3 Å². The fourth-order valence-electron chi connectivity index (χ4n) is 2.71. The van der Waals surface area contributed by atoms with Gasteiger partial charge >= 0.3 is 12.0 Å². The maximum atomic E-state index is 12.3. The average Bonchev–Trinajstić information content (AvgIpc) is 2.88. The van der Waals surface area contributed by atoms with Crippen LogP contribution in [0.1, 0.15) is 26.0 Å². The van der Waals surface area contributed by atoms with Gasteiger partial charge < -0.3 is 15.3 Å². The standard InChI is InChI=1S/C15H21N3O3/c1-10(2)15(13(19)20)6-8-18(9-15)14(21)17-12-5-4-7-16-11(12)3/h4-5,7,10H,6,8-9H2,1-3H3,(H,17,21)(H,19,20). The van der Waals surface area contributed by atoms with Gasteiger partial charge in [0.2, 0.25) is 0 Å². The molecule has 2 N–H and O–H groups in total. The Morgan fingerprint density at radius 3 is 2.71 bits per heavy atom. The van der Waals surface area contributed by atoms with Crippen molar-refractivity contribution in [3.63, 3.8) is 0 Å². The number of carboxylic acid groups (broad SMARTS) is 1. The summed E-state index contributed by atoms with van der Waals surface area (Å²) >= 11 is 0. The molecule has 1 saturated heterocycles. The summed E-state index contributed by atoms with van der Waals surface area (Å²) in [4.78, 5) is 29.6. The predicted octanol–water partition coefficient (Wildman–Crippen LogP) is 2.35. The summed E-state index contributed by atoms with van der Waals surface area (Å²) in [6, 6.07) is 3.26. The molecule has 6 nitrogen and oxygen atoms in total. The van der Waals surface area contributed by atoms with Crippen LogP contribution in [0.5, 0.6) is 0 Å². The maximum Gasteiger partial charge on any atom is 0.321 e. The van der Waals surface area contributed by atoms with Crippen LogP contribution >= 0.6 is 0 Å². The third kappa shape index (κ3) is 2.84. The van der Waals surface area contributed by atoms with Crippen LogP contribution in [0.3, 0.4) is 0 Å². The number of anilines is 1. The first-order chi connectivity index (χ1) is 9.86. The van der Waals surface area contributed by atoms with Gasteiger partial charge in [0.15, 0.2) is 0 Å². The number of hydrogen-bond donors (Lipinski definition) is 2. The van der Waals surface area contributed by atoms with Crippen molar-refractivity contribution in [3.05, 3.63) is 24.0 Å². The fourth-order valence-corrected chi connectivity index (χ4v) is 2.71. The van der Waals surface area contributed by atoms with E-state index in [-0.39, 0.29) is 18.5 Å². The fraction of sp³-hybridized carbons (Fsp3) is 0.533. The lowest BCUT2D eigenvalue weighted by Crippen LogP contribution is -2.41. The molecule has 1 aliphatic rings. The largest absolute Gasteiger partial charge is 0.481 e. The third-order valence-electron chi connectivity index (χ3n) is 4.37. The monoisotopic (exact) mass is 291 g/mol. The number of nitrogens with one attached hydrogen (secondary N) is 1. The normalized spacial score (nSPS) is 21.6. The Balaban J connectivity index is 2.09. The van der Waals surface area contributed by atoms with Crippen LogP contribution in [0, 0.1) is 18.3 Å². The molecule has 1 aromatic rings. The van der Waals surface area contributed by atoms with Gasteiger partial charge in [-0.1, -0.05) is 13.8 Å². The van der Waals surface area contributed by atoms with Crippen molar-refractivity contribution in [1.82, 2.24) is 9.88 Å². The van der Waals surface area contributed by atoms with Crippen molar-refractivity contribution in [2.75, 3.05) is 18.4 Å². The van der Waals surface area contributed by atoms with Gasteiger partial charge in [0.1, 0.15) is 0 Å². The Morgan fingerprint density at radius 1 is 1.48 bits per heavy atom. The van der Waals surface area contributed by atoms with Crippen LogP contribution < -0.4 is 5.32 Å². The zero-order chi connectivity index (χ0) is 15.6. The first-order valence-electron chi connectivity index (χ1n) is 7.08. The van der Waals surface area contributed by atoms with E-state index < -0.39 is 11.4 Å². The van der Waals surface area contributed by atoms with E-state index in [9.17, 15) is 14.7 Å². The molecule has 2 rings (SSSR count). The third-order valence-corrected chi connectivity index (χ3v) is 4.37. The van der Waals surface area contributed by atoms with E-state index in [1.165, 1.54) is 0 Å². The average molecular weight is 291 g/mol. The van der Waals surface area contributed by atoms with Crippen molar-refractivity contribution in [1.29, 1.82) is 0 Å². The van der Waals surface area contributed by atoms with Crippen LogP contribution in [0.4, 0.5) is 10.5 Å². The van der Waals surface area contributed by atoms with Crippen LogP contribution in [-0.2, 0) is 4.79 Å². The molecule has 0 saturated carbocycles. The summed E-state index contributed by atoms with van der Waals surface area (Å²) in [5, 5.41) is 12.3. The van der Waals surface area contributed by atoms with Crippen LogP contribution in [0.25, 0.3) is 0 Å². The van der Waals surface area contributed by atoms with E-state index in [1.807, 2.05) is 20.8 Å². The molecule has 0 bridgehead atoms. The highest BCUT2D eigenvalue weighted by molar-refractivity contribution is 5.91. The first kappa shape index (κ1) is 15.3. The minimum Gasteiger partial charge on any atom is -0.481 e. The summed E-state index contributed by atoms with van der Waals surface area (Å²) in [7, 11) is 0. The van der Waals surface area contributed by atoms with Crippen molar-refractivity contribution in [2.24, 2.45) is 11.3 Å². The van der Waals surface area contributed by atoms with Crippen molar-refractivity contribution >= 4 is 17.7 Å². The number of amides is 2. The molecule has 2 amide bonds. The molecule has 0 spiro atoms. The number of rotatable bonds is 3. The molecule has 1 fully saturated rings. The minimum absolute atomic E-state index is 0.0204. The molecule has 2 heterocycles. The molecule has 6 heteroatoms. The summed E-state index contributed by atoms with van der Waals surface area (Å²) < 4.78 is 0. The van der Waals surface area contributed by atoms with Gasteiger partial charge in [-0.2, -0.15) is 0 Å². The number of aryl methyl sites for hydroxylation is 1. The molecule has 1 aliphatic heterocycles. The highest BCUT2D eigenvalue weighted by Crippen LogP contribution is 2.38. The van der Waals surface area contributed by atoms with Gasteiger partial charge in [-0.05, 0) is 31.4 Å². The number of carbonyl (C=O) groups is 2. The summed E-state index contributed by atoms with van der Waals surface area (Å²) in [5.41, 5.74) is 0.541. The molecule has 0 aliphatic carbocycles. The Bertz CT molecular complexity index is 559. The number of aromatic nitrogens is 1. The Hall–Kier alpha value is -2.11. The van der Waals surface area contributed by atoms with Gasteiger partial charge in [-0.3, -0.25) is 9.78 Å². The number of pyridine rings is 1. The lowest BCUT2D eigenvalue weighted by molar-refractivity contribution is -0.150. The van der Waals surface area contributed by atoms with E-state index in [1.54, 1.807) is 23.2 Å². The molecule has 1 aromatic heterocycles. The second-order valence-electron chi connectivity index (χ2n) is 5.85. The number of nitrogens with zero attached hydrogens (tertiary/aromatic N) is 2. The molecule has 1 atom stereocenters. The SMILES string of the molecule is Cc1ncccc1NC(=O)N1CCC(C(=O)O)(C(C)C)C1. The molecular formula is C15H21N3O3. The topological polar surface area (TPSA) is 82.5 Å². The highest BCUT2D eigenvalue weighted by Gasteiger charge is 2.48. The van der Waals surface area contributed by atoms with Crippen molar-refractivity contribution in [2.45, 2.75) is 27.2 Å². The number of carbonyl (C=O) groups excluding carboxylic acids is 1. The number of hydrogen-bond acceptors (Lipinski definition) is 3. The summed E-state index contributed by atoms with van der Waals surface area (Å²) in [5.74, 6) is -0.849. The lowest BCUT2D eigenvalue weighted by atomic mass is 9.76. The van der Waals surface area contributed by atoms with E-state index in [0.29, 0.717) is 18.7 Å². The van der Waals surface area contributed by atoms with E-state index in [4.69, 9.17) is 0 Å². The first-order valence-corrected chi connectivity index (χ1v) is 7.08. The van der Waals surface area contributed by atoms with E-state index in [0.717, 1.165) is 5.69 Å². The van der Waals surface area contributed by atoms with Crippen LogP contribution in [-0.4, -0.2) is 40.1 Å². The molecule has 21 heavy (non-hydrogen) atoms. The number of likely N-dealkylation sites (tertiary alicyclic amines) is 1. The maximum absolute atomic E-state index is 12.3. The Morgan fingerprint density at radius 2 is 2.19 bits per heavy atom. The zero-order valence-corrected chi connectivity index (χ0v) is 12.6. The van der Waals surface area contributed by atoms with Gasteiger partial charge in [-0.15, -0.1) is 0 Å². The van der Waals surface area contributed by atoms with Gasteiger partial charge in [0, 0.05) is 19.3 Å². The number of carboxylic acids is 1. The number of urea groups is 1. The zero-order valence-electron chi connectivity index (χ0n) is 12.6. The van der Waals surface area contributed by atoms with Gasteiger partial charge in [0.25, 0.3) is 0 Å².